The number of azide groups is 1. The fourth-order valence-corrected chi connectivity index (χ4v) is 1.74. The second kappa shape index (κ2) is 5.33. The molecule has 0 spiro atoms. The van der Waals surface area contributed by atoms with Crippen molar-refractivity contribution in [3.05, 3.63) is 40.1 Å². The van der Waals surface area contributed by atoms with Crippen molar-refractivity contribution in [1.29, 1.82) is 0 Å². The molecule has 2 heterocycles. The number of nitrogens with zero attached hydrogens (tertiary/aromatic N) is 4. The molecule has 0 N–H and O–H groups in total. The van der Waals surface area contributed by atoms with E-state index in [1.165, 1.54) is 13.2 Å². The Labute approximate surface area is 112 Å². The van der Waals surface area contributed by atoms with Crippen molar-refractivity contribution < 1.29 is 18.7 Å². The van der Waals surface area contributed by atoms with Crippen LogP contribution in [0.15, 0.2) is 27.7 Å². The number of furan rings is 1. The van der Waals surface area contributed by atoms with Crippen LogP contribution in [0.2, 0.25) is 0 Å². The minimum absolute atomic E-state index is 0.363. The number of carbonyl (C=O) groups excluding carboxylic acids is 2. The van der Waals surface area contributed by atoms with Gasteiger partial charge in [-0.05, 0) is 22.8 Å². The van der Waals surface area contributed by atoms with E-state index in [9.17, 15) is 9.59 Å². The van der Waals surface area contributed by atoms with Gasteiger partial charge < -0.3 is 13.7 Å². The highest BCUT2D eigenvalue weighted by atomic mass is 16.5. The van der Waals surface area contributed by atoms with E-state index in [1.54, 1.807) is 23.7 Å². The molecule has 2 aromatic heterocycles. The molecule has 2 rings (SSSR count). The number of hydrogen-bond acceptors (Lipinski definition) is 4. The molecular formula is C12H10N4O4. The summed E-state index contributed by atoms with van der Waals surface area (Å²) in [6.45, 7) is 0. The monoisotopic (exact) mass is 274 g/mol. The highest BCUT2D eigenvalue weighted by Crippen LogP contribution is 2.24. The molecule has 8 heteroatoms. The standard InChI is InChI=1S/C12H10N4O4/c1-16-8-5-7(3-4-11(17)14-15-13)20-10(8)6-9(16)12(18)19-2/h3-6H,1-2H3/b4-3+. The zero-order valence-electron chi connectivity index (χ0n) is 10.7. The number of amides is 1. The predicted octanol–water partition coefficient (Wildman–Crippen LogP) is 2.41. The Morgan fingerprint density at radius 2 is 2.25 bits per heavy atom. The fraction of sp³-hybridized carbons (Fsp3) is 0.167. The Balaban J connectivity index is 2.34. The van der Waals surface area contributed by atoms with E-state index >= 15 is 0 Å². The SMILES string of the molecule is COC(=O)c1cc2oc(/C=C/C(=O)N=[N+]=[N-])cc2n1C. The summed E-state index contributed by atoms with van der Waals surface area (Å²) in [6, 6.07) is 3.20. The third kappa shape index (κ3) is 2.40. The molecule has 0 aliphatic heterocycles. The van der Waals surface area contributed by atoms with Gasteiger partial charge in [-0.15, -0.1) is 0 Å². The van der Waals surface area contributed by atoms with Crippen LogP contribution in [0, 0.1) is 0 Å². The minimum atomic E-state index is -0.719. The predicted molar refractivity (Wildman–Crippen MR) is 69.7 cm³/mol. The summed E-state index contributed by atoms with van der Waals surface area (Å²) >= 11 is 0. The molecule has 20 heavy (non-hydrogen) atoms. The van der Waals surface area contributed by atoms with E-state index in [4.69, 9.17) is 9.95 Å². The van der Waals surface area contributed by atoms with Gasteiger partial charge in [-0.3, -0.25) is 4.79 Å². The van der Waals surface area contributed by atoms with Gasteiger partial charge in [0.25, 0.3) is 0 Å². The number of carbonyl (C=O) groups is 2. The number of aryl methyl sites for hydroxylation is 1. The summed E-state index contributed by atoms with van der Waals surface area (Å²) in [7, 11) is 3.00. The summed E-state index contributed by atoms with van der Waals surface area (Å²) in [4.78, 5) is 24.9. The number of ether oxygens (including phenoxy) is 1. The van der Waals surface area contributed by atoms with Crippen LogP contribution in [0.5, 0.6) is 0 Å². The molecule has 0 unspecified atom stereocenters. The molecule has 8 nitrogen and oxygen atoms in total. The van der Waals surface area contributed by atoms with Crippen LogP contribution < -0.4 is 0 Å². The van der Waals surface area contributed by atoms with Crippen LogP contribution in [0.25, 0.3) is 27.6 Å². The molecule has 0 aliphatic carbocycles. The van der Waals surface area contributed by atoms with E-state index < -0.39 is 11.9 Å². The number of rotatable bonds is 3. The summed E-state index contributed by atoms with van der Waals surface area (Å²) in [5.41, 5.74) is 9.62. The van der Waals surface area contributed by atoms with Crippen molar-refractivity contribution >= 4 is 29.1 Å². The average Bonchev–Trinajstić information content (AvgIpc) is 2.96. The number of methoxy groups -OCH3 is 1. The van der Waals surface area contributed by atoms with Crippen LogP contribution in [0.1, 0.15) is 16.2 Å². The zero-order chi connectivity index (χ0) is 14.7. The first-order valence-electron chi connectivity index (χ1n) is 5.51. The number of aromatic nitrogens is 1. The molecule has 102 valence electrons. The molecule has 0 aromatic carbocycles. The molecule has 2 aromatic rings. The first-order valence-corrected chi connectivity index (χ1v) is 5.51. The maximum Gasteiger partial charge on any atom is 0.354 e. The lowest BCUT2D eigenvalue weighted by atomic mass is 10.4. The van der Waals surface area contributed by atoms with Crippen molar-refractivity contribution in [1.82, 2.24) is 4.57 Å². The van der Waals surface area contributed by atoms with E-state index in [0.29, 0.717) is 22.6 Å². The molecule has 0 saturated heterocycles. The van der Waals surface area contributed by atoms with Crippen molar-refractivity contribution in [2.45, 2.75) is 0 Å². The van der Waals surface area contributed by atoms with Crippen molar-refractivity contribution in [2.75, 3.05) is 7.11 Å². The second-order valence-electron chi connectivity index (χ2n) is 3.84. The Morgan fingerprint density at radius 1 is 1.50 bits per heavy atom. The quantitative estimate of drug-likeness (QED) is 0.281. The highest BCUT2D eigenvalue weighted by Gasteiger charge is 2.16. The summed E-state index contributed by atoms with van der Waals surface area (Å²) in [5, 5.41) is 2.89. The second-order valence-corrected chi connectivity index (χ2v) is 3.84. The third-order valence-corrected chi connectivity index (χ3v) is 2.68. The van der Waals surface area contributed by atoms with Gasteiger partial charge in [0.05, 0.1) is 12.6 Å². The molecule has 0 aliphatic rings. The molecular weight excluding hydrogens is 264 g/mol. The topological polar surface area (TPSA) is 110 Å². The Hall–Kier alpha value is -2.99. The fourth-order valence-electron chi connectivity index (χ4n) is 1.74. The lowest BCUT2D eigenvalue weighted by Crippen LogP contribution is -2.06. The number of fused-ring (bicyclic) bond motifs is 1. The lowest BCUT2D eigenvalue weighted by Gasteiger charge is -1.99. The van der Waals surface area contributed by atoms with Gasteiger partial charge in [0.1, 0.15) is 11.5 Å². The Morgan fingerprint density at radius 3 is 2.85 bits per heavy atom. The highest BCUT2D eigenvalue weighted by molar-refractivity contribution is 5.95. The number of hydrogen-bond donors (Lipinski definition) is 0. The first-order chi connectivity index (χ1) is 9.56. The van der Waals surface area contributed by atoms with Crippen LogP contribution in [0.4, 0.5) is 0 Å². The third-order valence-electron chi connectivity index (χ3n) is 2.68. The maximum atomic E-state index is 11.5. The summed E-state index contributed by atoms with van der Waals surface area (Å²) in [5.74, 6) is -0.777. The van der Waals surface area contributed by atoms with Crippen LogP contribution in [0.3, 0.4) is 0 Å². The molecule has 1 amide bonds. The summed E-state index contributed by atoms with van der Waals surface area (Å²) < 4.78 is 11.7. The van der Waals surface area contributed by atoms with Gasteiger partial charge in [0.2, 0.25) is 5.91 Å². The van der Waals surface area contributed by atoms with Crippen LogP contribution in [-0.2, 0) is 16.6 Å². The Bertz CT molecular complexity index is 762. The Kier molecular flexibility index (Phi) is 3.58. The van der Waals surface area contributed by atoms with Crippen molar-refractivity contribution in [2.24, 2.45) is 12.2 Å². The largest absolute Gasteiger partial charge is 0.464 e. The maximum absolute atomic E-state index is 11.5. The van der Waals surface area contributed by atoms with E-state index in [-0.39, 0.29) is 0 Å². The van der Waals surface area contributed by atoms with Gasteiger partial charge in [-0.1, -0.05) is 0 Å². The minimum Gasteiger partial charge on any atom is -0.464 e. The lowest BCUT2D eigenvalue weighted by molar-refractivity contribution is -0.113. The van der Waals surface area contributed by atoms with Crippen molar-refractivity contribution in [3.8, 4) is 0 Å². The van der Waals surface area contributed by atoms with Gasteiger partial charge >= 0.3 is 5.97 Å². The van der Waals surface area contributed by atoms with E-state index in [0.717, 1.165) is 6.08 Å². The molecule has 0 bridgehead atoms. The van der Waals surface area contributed by atoms with Gasteiger partial charge in [-0.25, -0.2) is 4.79 Å². The van der Waals surface area contributed by atoms with Crippen LogP contribution >= 0.6 is 0 Å². The molecule has 0 atom stereocenters. The zero-order valence-corrected chi connectivity index (χ0v) is 10.7. The molecule has 0 saturated carbocycles. The van der Waals surface area contributed by atoms with Crippen LogP contribution in [-0.4, -0.2) is 23.6 Å². The van der Waals surface area contributed by atoms with Crippen molar-refractivity contribution in [3.63, 3.8) is 0 Å². The van der Waals surface area contributed by atoms with Gasteiger partial charge in [0, 0.05) is 24.1 Å². The van der Waals surface area contributed by atoms with Gasteiger partial charge in [0.15, 0.2) is 5.58 Å². The van der Waals surface area contributed by atoms with E-state index in [1.807, 2.05) is 0 Å². The average molecular weight is 274 g/mol. The summed E-state index contributed by atoms with van der Waals surface area (Å²) in [6.07, 6.45) is 2.48. The van der Waals surface area contributed by atoms with E-state index in [2.05, 4.69) is 14.8 Å². The first kappa shape index (κ1) is 13.4. The van der Waals surface area contributed by atoms with Gasteiger partial charge in [-0.2, -0.15) is 0 Å². The smallest absolute Gasteiger partial charge is 0.354 e. The molecule has 0 fully saturated rings. The normalized spacial score (nSPS) is 10.7. The number of esters is 1. The molecule has 0 radical (unpaired) electrons.